The van der Waals surface area contributed by atoms with Crippen LogP contribution in [0.4, 0.5) is 0 Å². The number of carbonyl (C=O) groups excluding carboxylic acids is 1. The van der Waals surface area contributed by atoms with Gasteiger partial charge >= 0.3 is 5.97 Å². The molecule has 0 aromatic carbocycles. The number of methoxy groups -OCH3 is 1. The number of carbonyl (C=O) groups is 2. The molecule has 0 rings (SSSR count). The summed E-state index contributed by atoms with van der Waals surface area (Å²) in [6.45, 7) is 1.99. The van der Waals surface area contributed by atoms with Gasteiger partial charge in [-0.05, 0) is 25.7 Å². The van der Waals surface area contributed by atoms with Gasteiger partial charge in [-0.1, -0.05) is 5.92 Å². The summed E-state index contributed by atoms with van der Waals surface area (Å²) in [6.07, 6.45) is 0.910. The highest BCUT2D eigenvalue weighted by Crippen LogP contribution is 1.97. The van der Waals surface area contributed by atoms with Crippen LogP contribution in [0.1, 0.15) is 19.8 Å². The average Bonchev–Trinajstić information content (AvgIpc) is 2.16. The summed E-state index contributed by atoms with van der Waals surface area (Å²) in [6, 6.07) is -0.895. The van der Waals surface area contributed by atoms with Crippen molar-refractivity contribution in [3.05, 3.63) is 0 Å². The van der Waals surface area contributed by atoms with Gasteiger partial charge in [0.2, 0.25) is 0 Å². The van der Waals surface area contributed by atoms with E-state index in [4.69, 9.17) is 9.84 Å². The highest BCUT2D eigenvalue weighted by Gasteiger charge is 2.18. The molecule has 0 bridgehead atoms. The summed E-state index contributed by atoms with van der Waals surface area (Å²) in [5.41, 5.74) is 0. The Hall–Kier alpha value is -1.54. The molecule has 0 fully saturated rings. The Morgan fingerprint density at radius 3 is 2.67 bits per heavy atom. The first kappa shape index (κ1) is 13.5. The second kappa shape index (κ2) is 7.83. The molecular weight excluding hydrogens is 198 g/mol. The molecule has 1 amide bonds. The molecule has 0 aliphatic carbocycles. The van der Waals surface area contributed by atoms with Crippen LogP contribution < -0.4 is 5.32 Å². The standard InChI is InChI=1S/C10H15NO4/c1-3-5-9(12)11-8(10(13)14)6-4-7-15-2/h8H,4,6-7H2,1-2H3,(H,11,12)(H,13,14). The summed E-state index contributed by atoms with van der Waals surface area (Å²) >= 11 is 0. The lowest BCUT2D eigenvalue weighted by molar-refractivity contribution is -0.141. The topological polar surface area (TPSA) is 75.6 Å². The minimum atomic E-state index is -1.06. The van der Waals surface area contributed by atoms with E-state index in [2.05, 4.69) is 17.2 Å². The maximum absolute atomic E-state index is 11.0. The number of hydrogen-bond donors (Lipinski definition) is 2. The molecule has 1 unspecified atom stereocenters. The second-order valence-corrected chi connectivity index (χ2v) is 2.87. The lowest BCUT2D eigenvalue weighted by Crippen LogP contribution is -2.40. The van der Waals surface area contributed by atoms with E-state index < -0.39 is 17.9 Å². The van der Waals surface area contributed by atoms with Crippen molar-refractivity contribution in [1.82, 2.24) is 5.32 Å². The molecule has 0 aliphatic heterocycles. The van der Waals surface area contributed by atoms with E-state index >= 15 is 0 Å². The SMILES string of the molecule is CC#CC(=O)NC(CCCOC)C(=O)O. The Bertz CT molecular complexity index is 277. The first-order valence-electron chi connectivity index (χ1n) is 4.56. The van der Waals surface area contributed by atoms with Crippen LogP contribution in [0, 0.1) is 11.8 Å². The van der Waals surface area contributed by atoms with Gasteiger partial charge in [-0.2, -0.15) is 0 Å². The monoisotopic (exact) mass is 213 g/mol. The minimum absolute atomic E-state index is 0.334. The molecule has 0 saturated heterocycles. The maximum Gasteiger partial charge on any atom is 0.326 e. The lowest BCUT2D eigenvalue weighted by atomic mass is 10.1. The van der Waals surface area contributed by atoms with E-state index in [0.717, 1.165) is 0 Å². The fourth-order valence-corrected chi connectivity index (χ4v) is 0.997. The molecule has 0 spiro atoms. The first-order chi connectivity index (χ1) is 7.11. The van der Waals surface area contributed by atoms with Crippen molar-refractivity contribution >= 4 is 11.9 Å². The normalized spacial score (nSPS) is 11.1. The van der Waals surface area contributed by atoms with Crippen LogP contribution in [-0.4, -0.2) is 36.7 Å². The quantitative estimate of drug-likeness (QED) is 0.481. The Balaban J connectivity index is 4.08. The number of carboxylic acids is 1. The predicted octanol–water partition coefficient (Wildman–Crippen LogP) is 0.00570. The third kappa shape index (κ3) is 6.52. The summed E-state index contributed by atoms with van der Waals surface area (Å²) in [5, 5.41) is 11.1. The molecule has 0 aliphatic rings. The van der Waals surface area contributed by atoms with Gasteiger partial charge in [0.1, 0.15) is 6.04 Å². The molecule has 0 aromatic heterocycles. The minimum Gasteiger partial charge on any atom is -0.480 e. The Morgan fingerprint density at radius 1 is 1.53 bits per heavy atom. The van der Waals surface area contributed by atoms with Gasteiger partial charge in [-0.3, -0.25) is 4.79 Å². The van der Waals surface area contributed by atoms with E-state index in [1.165, 1.54) is 14.0 Å². The highest BCUT2D eigenvalue weighted by atomic mass is 16.5. The number of ether oxygens (including phenoxy) is 1. The number of carboxylic acid groups (broad SMARTS) is 1. The van der Waals surface area contributed by atoms with E-state index in [0.29, 0.717) is 19.4 Å². The third-order valence-corrected chi connectivity index (χ3v) is 1.68. The molecule has 5 heteroatoms. The van der Waals surface area contributed by atoms with Crippen molar-refractivity contribution in [3.63, 3.8) is 0 Å². The third-order valence-electron chi connectivity index (χ3n) is 1.68. The van der Waals surface area contributed by atoms with Crippen LogP contribution >= 0.6 is 0 Å². The maximum atomic E-state index is 11.0. The van der Waals surface area contributed by atoms with E-state index in [1.54, 1.807) is 0 Å². The van der Waals surface area contributed by atoms with Gasteiger partial charge in [0, 0.05) is 13.7 Å². The van der Waals surface area contributed by atoms with Crippen LogP contribution in [0.3, 0.4) is 0 Å². The molecule has 15 heavy (non-hydrogen) atoms. The van der Waals surface area contributed by atoms with E-state index in [1.807, 2.05) is 0 Å². The molecule has 2 N–H and O–H groups in total. The van der Waals surface area contributed by atoms with Crippen molar-refractivity contribution in [2.45, 2.75) is 25.8 Å². The zero-order valence-electron chi connectivity index (χ0n) is 8.87. The zero-order valence-corrected chi connectivity index (χ0v) is 8.87. The molecule has 0 aromatic rings. The van der Waals surface area contributed by atoms with Gasteiger partial charge in [-0.25, -0.2) is 4.79 Å². The molecule has 5 nitrogen and oxygen atoms in total. The number of amides is 1. The van der Waals surface area contributed by atoms with Gasteiger partial charge < -0.3 is 15.2 Å². The molecular formula is C10H15NO4. The van der Waals surface area contributed by atoms with Crippen LogP contribution in [0.5, 0.6) is 0 Å². The van der Waals surface area contributed by atoms with Crippen LogP contribution in [-0.2, 0) is 14.3 Å². The van der Waals surface area contributed by atoms with Crippen molar-refractivity contribution in [2.75, 3.05) is 13.7 Å². The summed E-state index contributed by atoms with van der Waals surface area (Å²) in [5.74, 6) is 3.00. The Kier molecular flexibility index (Phi) is 7.02. The number of rotatable bonds is 6. The first-order valence-corrected chi connectivity index (χ1v) is 4.56. The van der Waals surface area contributed by atoms with Gasteiger partial charge in [0.15, 0.2) is 0 Å². The fourth-order valence-electron chi connectivity index (χ4n) is 0.997. The molecule has 1 atom stereocenters. The van der Waals surface area contributed by atoms with Crippen LogP contribution in [0.2, 0.25) is 0 Å². The Morgan fingerprint density at radius 2 is 2.20 bits per heavy atom. The van der Waals surface area contributed by atoms with Crippen molar-refractivity contribution in [2.24, 2.45) is 0 Å². The summed E-state index contributed by atoms with van der Waals surface area (Å²) < 4.78 is 4.79. The Labute approximate surface area is 88.8 Å². The smallest absolute Gasteiger partial charge is 0.326 e. The molecule has 84 valence electrons. The predicted molar refractivity (Wildman–Crippen MR) is 54.1 cm³/mol. The summed E-state index contributed by atoms with van der Waals surface area (Å²) in [7, 11) is 1.54. The van der Waals surface area contributed by atoms with E-state index in [9.17, 15) is 9.59 Å². The second-order valence-electron chi connectivity index (χ2n) is 2.87. The zero-order chi connectivity index (χ0) is 11.7. The molecule has 0 heterocycles. The van der Waals surface area contributed by atoms with Crippen molar-refractivity contribution in [1.29, 1.82) is 0 Å². The molecule has 0 radical (unpaired) electrons. The number of nitrogens with one attached hydrogen (secondary N) is 1. The number of aliphatic carboxylic acids is 1. The largest absolute Gasteiger partial charge is 0.480 e. The average molecular weight is 213 g/mol. The van der Waals surface area contributed by atoms with Crippen molar-refractivity contribution in [3.8, 4) is 11.8 Å². The lowest BCUT2D eigenvalue weighted by Gasteiger charge is -2.11. The van der Waals surface area contributed by atoms with E-state index in [-0.39, 0.29) is 0 Å². The van der Waals surface area contributed by atoms with Gasteiger partial charge in [-0.15, -0.1) is 0 Å². The van der Waals surface area contributed by atoms with Crippen molar-refractivity contribution < 1.29 is 19.4 Å². The van der Waals surface area contributed by atoms with Gasteiger partial charge in [0.05, 0.1) is 0 Å². The number of hydrogen-bond acceptors (Lipinski definition) is 3. The molecule has 0 saturated carbocycles. The highest BCUT2D eigenvalue weighted by molar-refractivity contribution is 5.95. The van der Waals surface area contributed by atoms with Gasteiger partial charge in [0.25, 0.3) is 5.91 Å². The van der Waals surface area contributed by atoms with Crippen LogP contribution in [0.15, 0.2) is 0 Å². The summed E-state index contributed by atoms with van der Waals surface area (Å²) in [4.78, 5) is 21.7. The fraction of sp³-hybridized carbons (Fsp3) is 0.600. The van der Waals surface area contributed by atoms with Crippen LogP contribution in [0.25, 0.3) is 0 Å².